The molecule has 0 saturated carbocycles. The lowest BCUT2D eigenvalue weighted by Crippen LogP contribution is -2.23. The van der Waals surface area contributed by atoms with E-state index in [0.29, 0.717) is 23.7 Å². The van der Waals surface area contributed by atoms with Crippen LogP contribution in [0.4, 0.5) is 11.5 Å². The second-order valence-corrected chi connectivity index (χ2v) is 3.73. The summed E-state index contributed by atoms with van der Waals surface area (Å²) < 4.78 is 5.22. The molecule has 5 N–H and O–H groups in total. The number of nitrogen functional groups attached to an aromatic ring is 1. The summed E-state index contributed by atoms with van der Waals surface area (Å²) in [6.45, 7) is 1.34. The van der Waals surface area contributed by atoms with Crippen molar-refractivity contribution in [3.8, 4) is 0 Å². The number of carbonyl (C=O) groups is 1. The van der Waals surface area contributed by atoms with Gasteiger partial charge in [-0.15, -0.1) is 0 Å². The molecule has 2 rings (SSSR count). The number of ether oxygens (including phenoxy) is 1. The Morgan fingerprint density at radius 3 is 3.06 bits per heavy atom. The summed E-state index contributed by atoms with van der Waals surface area (Å²) in [6.07, 6.45) is 2.38. The van der Waals surface area contributed by atoms with Gasteiger partial charge in [-0.25, -0.2) is 4.98 Å². The largest absolute Gasteiger partial charge is 0.397 e. The molecule has 1 aliphatic rings. The number of nitrogens with one attached hydrogen (secondary N) is 1. The summed E-state index contributed by atoms with van der Waals surface area (Å²) in [6, 6.07) is 1.70. The maximum Gasteiger partial charge on any atom is 0.252 e. The molecule has 0 spiro atoms. The van der Waals surface area contributed by atoms with Crippen LogP contribution in [0.3, 0.4) is 0 Å². The highest BCUT2D eigenvalue weighted by Crippen LogP contribution is 2.18. The SMILES string of the molecule is NC(=O)c1cc(N)cnc1NC1CCOC1. The van der Waals surface area contributed by atoms with Gasteiger partial charge in [-0.2, -0.15) is 0 Å². The number of pyridine rings is 1. The second-order valence-electron chi connectivity index (χ2n) is 3.73. The Kier molecular flexibility index (Phi) is 2.91. The average molecular weight is 222 g/mol. The first kappa shape index (κ1) is 10.7. The lowest BCUT2D eigenvalue weighted by Gasteiger charge is -2.13. The van der Waals surface area contributed by atoms with Crippen LogP contribution in [0, 0.1) is 0 Å². The van der Waals surface area contributed by atoms with Gasteiger partial charge in [0.15, 0.2) is 0 Å². The molecule has 1 unspecified atom stereocenters. The average Bonchev–Trinajstić information content (AvgIpc) is 2.73. The van der Waals surface area contributed by atoms with Crippen LogP contribution < -0.4 is 16.8 Å². The van der Waals surface area contributed by atoms with E-state index < -0.39 is 5.91 Å². The van der Waals surface area contributed by atoms with Crippen molar-refractivity contribution in [3.63, 3.8) is 0 Å². The molecule has 0 aliphatic carbocycles. The lowest BCUT2D eigenvalue weighted by atomic mass is 10.2. The molecule has 1 aromatic heterocycles. The normalized spacial score (nSPS) is 19.6. The number of carbonyl (C=O) groups excluding carboxylic acids is 1. The van der Waals surface area contributed by atoms with Gasteiger partial charge in [0.1, 0.15) is 5.82 Å². The van der Waals surface area contributed by atoms with Crippen molar-refractivity contribution in [1.29, 1.82) is 0 Å². The van der Waals surface area contributed by atoms with E-state index in [1.807, 2.05) is 0 Å². The van der Waals surface area contributed by atoms with Crippen LogP contribution in [-0.4, -0.2) is 30.1 Å². The number of primary amides is 1. The molecule has 6 nitrogen and oxygen atoms in total. The predicted molar refractivity (Wildman–Crippen MR) is 60.0 cm³/mol. The van der Waals surface area contributed by atoms with Gasteiger partial charge in [-0.1, -0.05) is 0 Å². The molecule has 1 amide bonds. The Hall–Kier alpha value is -1.82. The number of hydrogen-bond acceptors (Lipinski definition) is 5. The lowest BCUT2D eigenvalue weighted by molar-refractivity contribution is 0.100. The number of nitrogens with two attached hydrogens (primary N) is 2. The van der Waals surface area contributed by atoms with Gasteiger partial charge in [0.25, 0.3) is 5.91 Å². The van der Waals surface area contributed by atoms with Crippen LogP contribution in [0.25, 0.3) is 0 Å². The zero-order valence-electron chi connectivity index (χ0n) is 8.77. The van der Waals surface area contributed by atoms with E-state index >= 15 is 0 Å². The third-order valence-corrected chi connectivity index (χ3v) is 2.44. The first-order valence-corrected chi connectivity index (χ1v) is 5.06. The first-order chi connectivity index (χ1) is 7.66. The maximum absolute atomic E-state index is 11.2. The third-order valence-electron chi connectivity index (χ3n) is 2.44. The predicted octanol–water partition coefficient (Wildman–Crippen LogP) is -0.0365. The minimum absolute atomic E-state index is 0.175. The van der Waals surface area contributed by atoms with E-state index in [1.165, 1.54) is 12.3 Å². The van der Waals surface area contributed by atoms with Gasteiger partial charge in [0.2, 0.25) is 0 Å². The molecular formula is C10H14N4O2. The standard InChI is InChI=1S/C10H14N4O2/c11-6-3-8(9(12)15)10(13-4-6)14-7-1-2-16-5-7/h3-4,7H,1-2,5,11H2,(H2,12,15)(H,13,14). The van der Waals surface area contributed by atoms with Gasteiger partial charge in [-0.05, 0) is 12.5 Å². The summed E-state index contributed by atoms with van der Waals surface area (Å²) in [7, 11) is 0. The van der Waals surface area contributed by atoms with Crippen molar-refractivity contribution in [2.24, 2.45) is 5.73 Å². The monoisotopic (exact) mass is 222 g/mol. The molecule has 0 bridgehead atoms. The van der Waals surface area contributed by atoms with Gasteiger partial charge >= 0.3 is 0 Å². The fourth-order valence-electron chi connectivity index (χ4n) is 1.63. The molecule has 16 heavy (non-hydrogen) atoms. The van der Waals surface area contributed by atoms with Crippen molar-refractivity contribution in [1.82, 2.24) is 4.98 Å². The summed E-state index contributed by atoms with van der Waals surface area (Å²) in [4.78, 5) is 15.3. The number of nitrogens with zero attached hydrogens (tertiary/aromatic N) is 1. The molecule has 1 aromatic rings. The Morgan fingerprint density at radius 2 is 2.44 bits per heavy atom. The maximum atomic E-state index is 11.2. The van der Waals surface area contributed by atoms with E-state index in [1.54, 1.807) is 0 Å². The summed E-state index contributed by atoms with van der Waals surface area (Å²) in [5.41, 5.74) is 11.5. The fraction of sp³-hybridized carbons (Fsp3) is 0.400. The van der Waals surface area contributed by atoms with Crippen LogP contribution in [0.15, 0.2) is 12.3 Å². The highest BCUT2D eigenvalue weighted by molar-refractivity contribution is 5.98. The number of amides is 1. The molecule has 6 heteroatoms. The van der Waals surface area contributed by atoms with Crippen LogP contribution in [0.5, 0.6) is 0 Å². The van der Waals surface area contributed by atoms with Gasteiger partial charge in [0, 0.05) is 6.61 Å². The zero-order chi connectivity index (χ0) is 11.5. The Morgan fingerprint density at radius 1 is 1.62 bits per heavy atom. The van der Waals surface area contributed by atoms with Crippen molar-refractivity contribution >= 4 is 17.4 Å². The summed E-state index contributed by atoms with van der Waals surface area (Å²) in [5, 5.41) is 3.13. The minimum atomic E-state index is -0.541. The molecule has 86 valence electrons. The number of anilines is 2. The molecule has 1 atom stereocenters. The highest BCUT2D eigenvalue weighted by Gasteiger charge is 2.18. The highest BCUT2D eigenvalue weighted by atomic mass is 16.5. The Bertz CT molecular complexity index is 402. The topological polar surface area (TPSA) is 103 Å². The summed E-state index contributed by atoms with van der Waals surface area (Å²) in [5.74, 6) is -0.0709. The quantitative estimate of drug-likeness (QED) is 0.666. The Labute approximate surface area is 93.0 Å². The van der Waals surface area contributed by atoms with Crippen molar-refractivity contribution < 1.29 is 9.53 Å². The van der Waals surface area contributed by atoms with E-state index in [9.17, 15) is 4.79 Å². The van der Waals surface area contributed by atoms with Crippen molar-refractivity contribution in [2.45, 2.75) is 12.5 Å². The van der Waals surface area contributed by atoms with Crippen molar-refractivity contribution in [2.75, 3.05) is 24.3 Å². The fourth-order valence-corrected chi connectivity index (χ4v) is 1.63. The molecule has 0 aromatic carbocycles. The zero-order valence-corrected chi connectivity index (χ0v) is 8.77. The van der Waals surface area contributed by atoms with Gasteiger partial charge in [0.05, 0.1) is 30.1 Å². The molecule has 1 saturated heterocycles. The molecular weight excluding hydrogens is 208 g/mol. The van der Waals surface area contributed by atoms with Crippen LogP contribution in [0.2, 0.25) is 0 Å². The number of hydrogen-bond donors (Lipinski definition) is 3. The minimum Gasteiger partial charge on any atom is -0.397 e. The van der Waals surface area contributed by atoms with Gasteiger partial charge < -0.3 is 21.5 Å². The first-order valence-electron chi connectivity index (χ1n) is 5.06. The van der Waals surface area contributed by atoms with Crippen LogP contribution in [-0.2, 0) is 4.74 Å². The van der Waals surface area contributed by atoms with E-state index in [0.717, 1.165) is 13.0 Å². The molecule has 2 heterocycles. The van der Waals surface area contributed by atoms with E-state index in [2.05, 4.69) is 10.3 Å². The van der Waals surface area contributed by atoms with Gasteiger partial charge in [-0.3, -0.25) is 4.79 Å². The smallest absolute Gasteiger partial charge is 0.252 e. The second kappa shape index (κ2) is 4.36. The number of aromatic nitrogens is 1. The molecule has 0 radical (unpaired) electrons. The third kappa shape index (κ3) is 2.22. The number of rotatable bonds is 3. The van der Waals surface area contributed by atoms with E-state index in [4.69, 9.17) is 16.2 Å². The molecule has 1 aliphatic heterocycles. The summed E-state index contributed by atoms with van der Waals surface area (Å²) >= 11 is 0. The molecule has 1 fully saturated rings. The van der Waals surface area contributed by atoms with E-state index in [-0.39, 0.29) is 6.04 Å². The van der Waals surface area contributed by atoms with Crippen LogP contribution in [0.1, 0.15) is 16.8 Å². The van der Waals surface area contributed by atoms with Crippen LogP contribution >= 0.6 is 0 Å². The van der Waals surface area contributed by atoms with Crippen molar-refractivity contribution in [3.05, 3.63) is 17.8 Å². The Balaban J connectivity index is 2.21.